The maximum absolute atomic E-state index is 12.0. The van der Waals surface area contributed by atoms with Crippen molar-refractivity contribution >= 4 is 22.1 Å². The van der Waals surface area contributed by atoms with Crippen LogP contribution >= 0.6 is 0 Å². The second-order valence-corrected chi connectivity index (χ2v) is 10.6. The van der Waals surface area contributed by atoms with Gasteiger partial charge in [0.15, 0.2) is 5.96 Å². The zero-order valence-electron chi connectivity index (χ0n) is 19.3. The Morgan fingerprint density at radius 3 is 2.21 bits per heavy atom. The number of guanidine groups is 1. The van der Waals surface area contributed by atoms with E-state index in [1.807, 2.05) is 27.7 Å². The lowest BCUT2D eigenvalue weighted by Crippen LogP contribution is -2.50. The zero-order chi connectivity index (χ0) is 22.7. The summed E-state index contributed by atoms with van der Waals surface area (Å²) in [6.45, 7) is 14.4. The van der Waals surface area contributed by atoms with E-state index in [1.54, 1.807) is 13.8 Å². The summed E-state index contributed by atoms with van der Waals surface area (Å²) in [7, 11) is -3.33. The van der Waals surface area contributed by atoms with E-state index in [9.17, 15) is 13.2 Å². The molecule has 0 radical (unpaired) electrons. The average molecular weight is 436 g/mol. The lowest BCUT2D eigenvalue weighted by molar-refractivity contribution is 0.0522. The number of ether oxygens (including phenoxy) is 1. The Balaban J connectivity index is 5.07. The Bertz CT molecular complexity index is 627. The molecule has 9 nitrogen and oxygen atoms in total. The topological polar surface area (TPSA) is 121 Å². The number of nitrogens with zero attached hydrogens (tertiary/aromatic N) is 1. The maximum atomic E-state index is 12.0. The third-order valence-corrected chi connectivity index (χ3v) is 4.50. The molecule has 0 spiro atoms. The molecular weight excluding hydrogens is 394 g/mol. The predicted molar refractivity (Wildman–Crippen MR) is 119 cm³/mol. The summed E-state index contributed by atoms with van der Waals surface area (Å²) in [5.41, 5.74) is -1.27. The molecule has 29 heavy (non-hydrogen) atoms. The third kappa shape index (κ3) is 16.0. The minimum atomic E-state index is -3.33. The first-order chi connectivity index (χ1) is 13.2. The van der Waals surface area contributed by atoms with Gasteiger partial charge >= 0.3 is 6.09 Å². The van der Waals surface area contributed by atoms with Gasteiger partial charge in [-0.15, -0.1) is 0 Å². The van der Waals surface area contributed by atoms with Crippen LogP contribution in [0.3, 0.4) is 0 Å². The van der Waals surface area contributed by atoms with Crippen LogP contribution in [0.4, 0.5) is 4.79 Å². The molecule has 4 N–H and O–H groups in total. The number of aliphatic imine (C=N–C) groups is 1. The Labute approximate surface area is 176 Å². The number of carbonyl (C=O) groups is 1. The molecule has 0 rings (SSSR count). The minimum absolute atomic E-state index is 0.0359. The van der Waals surface area contributed by atoms with E-state index in [0.717, 1.165) is 25.5 Å². The van der Waals surface area contributed by atoms with E-state index in [-0.39, 0.29) is 12.6 Å². The summed E-state index contributed by atoms with van der Waals surface area (Å²) in [4.78, 5) is 16.5. The van der Waals surface area contributed by atoms with E-state index in [0.29, 0.717) is 19.0 Å². The molecule has 1 atom stereocenters. The van der Waals surface area contributed by atoms with Gasteiger partial charge in [-0.05, 0) is 48.0 Å². The number of hydrogen-bond acceptors (Lipinski definition) is 5. The van der Waals surface area contributed by atoms with Crippen LogP contribution in [0.25, 0.3) is 0 Å². The van der Waals surface area contributed by atoms with Crippen molar-refractivity contribution in [2.45, 2.75) is 84.9 Å². The molecule has 0 aromatic carbocycles. The largest absolute Gasteiger partial charge is 0.444 e. The highest BCUT2D eigenvalue weighted by Crippen LogP contribution is 2.07. The fraction of sp³-hybridized carbons (Fsp3) is 0.895. The molecule has 10 heteroatoms. The van der Waals surface area contributed by atoms with Gasteiger partial charge in [0.1, 0.15) is 5.60 Å². The molecule has 1 unspecified atom stereocenters. The van der Waals surface area contributed by atoms with Gasteiger partial charge in [0.05, 0.1) is 12.8 Å². The molecule has 0 aromatic heterocycles. The molecule has 0 aliphatic heterocycles. The van der Waals surface area contributed by atoms with Gasteiger partial charge in [0.25, 0.3) is 0 Å². The van der Waals surface area contributed by atoms with E-state index >= 15 is 0 Å². The minimum Gasteiger partial charge on any atom is -0.444 e. The summed E-state index contributed by atoms with van der Waals surface area (Å²) in [5, 5.41) is 9.30. The standard InChI is InChI=1S/C19H41N5O4S/c1-9-11-12-15(13-21-17(25)28-18(3,4)5)23-16(20-10-2)22-14-19(6,7)24-29(8,26)27/h15,24H,9-14H2,1-8H3,(H,21,25)(H2,20,22,23). The van der Waals surface area contributed by atoms with Crippen LogP contribution in [-0.4, -0.2) is 63.5 Å². The maximum Gasteiger partial charge on any atom is 0.407 e. The summed E-state index contributed by atoms with van der Waals surface area (Å²) in [6.07, 6.45) is 3.55. The summed E-state index contributed by atoms with van der Waals surface area (Å²) >= 11 is 0. The van der Waals surface area contributed by atoms with Crippen molar-refractivity contribution in [1.29, 1.82) is 0 Å². The smallest absolute Gasteiger partial charge is 0.407 e. The van der Waals surface area contributed by atoms with Crippen molar-refractivity contribution in [3.63, 3.8) is 0 Å². The lowest BCUT2D eigenvalue weighted by atomic mass is 10.1. The molecule has 0 saturated heterocycles. The lowest BCUT2D eigenvalue weighted by Gasteiger charge is -2.26. The van der Waals surface area contributed by atoms with Crippen molar-refractivity contribution in [3.8, 4) is 0 Å². The quantitative estimate of drug-likeness (QED) is 0.291. The molecule has 0 bridgehead atoms. The number of unbranched alkanes of at least 4 members (excludes halogenated alkanes) is 1. The highest BCUT2D eigenvalue weighted by molar-refractivity contribution is 7.88. The Morgan fingerprint density at radius 1 is 1.10 bits per heavy atom. The van der Waals surface area contributed by atoms with Crippen LogP contribution in [-0.2, 0) is 14.8 Å². The van der Waals surface area contributed by atoms with E-state index in [1.165, 1.54) is 0 Å². The summed E-state index contributed by atoms with van der Waals surface area (Å²) in [5.74, 6) is 0.572. The van der Waals surface area contributed by atoms with Gasteiger partial charge in [-0.1, -0.05) is 19.8 Å². The predicted octanol–water partition coefficient (Wildman–Crippen LogP) is 1.95. The number of hydrogen-bond donors (Lipinski definition) is 4. The normalized spacial score (nSPS) is 14.3. The SMILES string of the molecule is CCCCC(CNC(=O)OC(C)(C)C)NC(=NCC(C)(C)NS(C)(=O)=O)NCC. The fourth-order valence-corrected chi connectivity index (χ4v) is 3.59. The molecule has 0 fully saturated rings. The molecule has 0 aliphatic rings. The highest BCUT2D eigenvalue weighted by Gasteiger charge is 2.22. The van der Waals surface area contributed by atoms with Gasteiger partial charge in [0, 0.05) is 24.7 Å². The van der Waals surface area contributed by atoms with E-state index < -0.39 is 27.3 Å². The molecule has 172 valence electrons. The van der Waals surface area contributed by atoms with Gasteiger partial charge in [-0.2, -0.15) is 0 Å². The molecule has 0 aliphatic carbocycles. The van der Waals surface area contributed by atoms with Gasteiger partial charge in [0.2, 0.25) is 10.0 Å². The molecular formula is C19H41N5O4S. The average Bonchev–Trinajstić information content (AvgIpc) is 2.51. The molecule has 0 heterocycles. The number of nitrogens with one attached hydrogen (secondary N) is 4. The number of rotatable bonds is 11. The van der Waals surface area contributed by atoms with Crippen molar-refractivity contribution < 1.29 is 17.9 Å². The Morgan fingerprint density at radius 2 is 1.72 bits per heavy atom. The number of sulfonamides is 1. The van der Waals surface area contributed by atoms with Gasteiger partial charge in [-0.3, -0.25) is 4.99 Å². The van der Waals surface area contributed by atoms with Gasteiger partial charge in [-0.25, -0.2) is 17.9 Å². The van der Waals surface area contributed by atoms with Crippen LogP contribution in [0.1, 0.15) is 67.7 Å². The number of alkyl carbamates (subject to hydrolysis) is 1. The molecule has 0 saturated carbocycles. The monoisotopic (exact) mass is 435 g/mol. The summed E-state index contributed by atoms with van der Waals surface area (Å²) in [6, 6.07) is -0.0359. The zero-order valence-corrected chi connectivity index (χ0v) is 20.1. The second-order valence-electron chi connectivity index (χ2n) is 8.82. The first kappa shape index (κ1) is 27.5. The number of carbonyl (C=O) groups excluding carboxylic acids is 1. The van der Waals surface area contributed by atoms with Crippen LogP contribution < -0.4 is 20.7 Å². The van der Waals surface area contributed by atoms with E-state index in [4.69, 9.17) is 4.74 Å². The third-order valence-electron chi connectivity index (χ3n) is 3.58. The Kier molecular flexibility index (Phi) is 11.6. The van der Waals surface area contributed by atoms with Crippen molar-refractivity contribution in [3.05, 3.63) is 0 Å². The molecule has 1 amide bonds. The highest BCUT2D eigenvalue weighted by atomic mass is 32.2. The first-order valence-corrected chi connectivity index (χ1v) is 12.1. The van der Waals surface area contributed by atoms with Crippen LogP contribution in [0, 0.1) is 0 Å². The molecule has 0 aromatic rings. The van der Waals surface area contributed by atoms with Crippen molar-refractivity contribution in [1.82, 2.24) is 20.7 Å². The van der Waals surface area contributed by atoms with Crippen molar-refractivity contribution in [2.24, 2.45) is 4.99 Å². The van der Waals surface area contributed by atoms with Gasteiger partial charge < -0.3 is 20.7 Å². The van der Waals surface area contributed by atoms with Crippen LogP contribution in [0.2, 0.25) is 0 Å². The summed E-state index contributed by atoms with van der Waals surface area (Å²) < 4.78 is 30.9. The first-order valence-electron chi connectivity index (χ1n) is 10.2. The van der Waals surface area contributed by atoms with Crippen LogP contribution in [0.5, 0.6) is 0 Å². The fourth-order valence-electron chi connectivity index (χ4n) is 2.52. The number of amides is 1. The van der Waals surface area contributed by atoms with Crippen LogP contribution in [0.15, 0.2) is 4.99 Å². The Hall–Kier alpha value is -1.55. The second kappa shape index (κ2) is 12.2. The van der Waals surface area contributed by atoms with E-state index in [2.05, 4.69) is 32.6 Å². The van der Waals surface area contributed by atoms with Crippen molar-refractivity contribution in [2.75, 3.05) is 25.9 Å².